The first-order chi connectivity index (χ1) is 17.9. The molecule has 5 aromatic rings. The van der Waals surface area contributed by atoms with E-state index in [0.717, 1.165) is 35.4 Å². The molecule has 6 rings (SSSR count). The Labute approximate surface area is 213 Å². The Hall–Kier alpha value is -4.42. The van der Waals surface area contributed by atoms with Crippen LogP contribution in [0.25, 0.3) is 21.5 Å². The van der Waals surface area contributed by atoms with E-state index in [2.05, 4.69) is 35.8 Å². The topological polar surface area (TPSA) is 121 Å². The van der Waals surface area contributed by atoms with Crippen molar-refractivity contribution >= 4 is 44.7 Å². The molecule has 0 atom stereocenters. The number of rotatable bonds is 5. The van der Waals surface area contributed by atoms with Crippen LogP contribution in [0.15, 0.2) is 59.4 Å². The van der Waals surface area contributed by atoms with Gasteiger partial charge in [-0.05, 0) is 42.8 Å². The van der Waals surface area contributed by atoms with Gasteiger partial charge < -0.3 is 10.6 Å². The molecule has 5 heterocycles. The van der Waals surface area contributed by atoms with Crippen LogP contribution in [0.1, 0.15) is 15.4 Å². The minimum absolute atomic E-state index is 0.218. The first-order valence-corrected chi connectivity index (χ1v) is 12.3. The van der Waals surface area contributed by atoms with Gasteiger partial charge in [0, 0.05) is 23.9 Å². The molecule has 1 aliphatic heterocycles. The lowest BCUT2D eigenvalue weighted by Crippen LogP contribution is -2.30. The predicted octanol–water partition coefficient (Wildman–Crippen LogP) is 3.82. The van der Waals surface area contributed by atoms with Crippen molar-refractivity contribution < 1.29 is 9.18 Å². The number of amides is 1. The molecule has 1 aliphatic rings. The number of aromatic amines is 1. The molecule has 0 unspecified atom stereocenters. The molecular weight excluding hydrogens is 495 g/mol. The normalized spacial score (nSPS) is 13.5. The van der Waals surface area contributed by atoms with Crippen molar-refractivity contribution in [3.63, 3.8) is 0 Å². The molecule has 3 N–H and O–H groups in total. The monoisotopic (exact) mass is 516 g/mol. The lowest BCUT2D eigenvalue weighted by atomic mass is 10.2. The number of hydrogen-bond acceptors (Lipinski definition) is 8. The molecule has 186 valence electrons. The third kappa shape index (κ3) is 4.59. The molecular formula is C25H21FN8O2S. The largest absolute Gasteiger partial charge is 0.334 e. The maximum atomic E-state index is 14.6. The summed E-state index contributed by atoms with van der Waals surface area (Å²) in [5.74, 6) is -0.838. The van der Waals surface area contributed by atoms with Crippen LogP contribution >= 0.6 is 11.3 Å². The molecule has 10 nitrogen and oxygen atoms in total. The fourth-order valence-electron chi connectivity index (χ4n) is 4.16. The minimum atomic E-state index is -0.686. The van der Waals surface area contributed by atoms with Gasteiger partial charge >= 0.3 is 0 Å². The highest BCUT2D eigenvalue weighted by atomic mass is 32.1. The molecule has 0 fully saturated rings. The van der Waals surface area contributed by atoms with Gasteiger partial charge in [0.1, 0.15) is 11.4 Å². The Kier molecular flexibility index (Phi) is 5.74. The number of fused-ring (bicyclic) bond motifs is 2. The van der Waals surface area contributed by atoms with Crippen molar-refractivity contribution in [2.24, 2.45) is 0 Å². The quantitative estimate of drug-likeness (QED) is 0.325. The molecule has 0 spiro atoms. The number of nitrogens with zero attached hydrogens (tertiary/aromatic N) is 5. The predicted molar refractivity (Wildman–Crippen MR) is 140 cm³/mol. The van der Waals surface area contributed by atoms with Crippen molar-refractivity contribution in [1.29, 1.82) is 0 Å². The lowest BCUT2D eigenvalue weighted by molar-refractivity contribution is 0.102. The number of carbonyl (C=O) groups is 1. The van der Waals surface area contributed by atoms with Crippen LogP contribution in [0.3, 0.4) is 0 Å². The number of hydrogen-bond donors (Lipinski definition) is 3. The van der Waals surface area contributed by atoms with E-state index in [4.69, 9.17) is 0 Å². The highest BCUT2D eigenvalue weighted by molar-refractivity contribution is 7.20. The maximum Gasteiger partial charge on any atom is 0.287 e. The number of likely N-dealkylation sites (N-methyl/N-ethyl adjacent to an activating group) is 1. The zero-order valence-electron chi connectivity index (χ0n) is 19.7. The molecule has 0 radical (unpaired) electrons. The highest BCUT2D eigenvalue weighted by Crippen LogP contribution is 2.27. The van der Waals surface area contributed by atoms with Crippen LogP contribution in [0.2, 0.25) is 0 Å². The molecule has 0 saturated carbocycles. The Balaban J connectivity index is 1.25. The Morgan fingerprint density at radius 1 is 1.11 bits per heavy atom. The van der Waals surface area contributed by atoms with Gasteiger partial charge in [0.25, 0.3) is 11.5 Å². The van der Waals surface area contributed by atoms with Crippen molar-refractivity contribution in [2.75, 3.05) is 24.2 Å². The number of nitrogens with one attached hydrogen (secondary N) is 3. The summed E-state index contributed by atoms with van der Waals surface area (Å²) < 4.78 is 17.4. The fraction of sp³-hybridized carbons (Fsp3) is 0.160. The van der Waals surface area contributed by atoms with Gasteiger partial charge in [0.15, 0.2) is 17.5 Å². The van der Waals surface area contributed by atoms with Crippen LogP contribution in [0.4, 0.5) is 21.7 Å². The maximum absolute atomic E-state index is 14.6. The summed E-state index contributed by atoms with van der Waals surface area (Å²) in [6.45, 7) is 2.43. The van der Waals surface area contributed by atoms with Crippen molar-refractivity contribution in [2.45, 2.75) is 13.1 Å². The third-order valence-corrected chi connectivity index (χ3v) is 7.16. The first-order valence-electron chi connectivity index (χ1n) is 11.5. The first kappa shape index (κ1) is 23.0. The molecule has 1 aromatic carbocycles. The lowest BCUT2D eigenvalue weighted by Gasteiger charge is -2.22. The van der Waals surface area contributed by atoms with E-state index in [1.54, 1.807) is 6.07 Å². The summed E-state index contributed by atoms with van der Waals surface area (Å²) >= 11 is 1.31. The summed E-state index contributed by atoms with van der Waals surface area (Å²) in [5, 5.41) is 17.5. The number of anilines is 3. The summed E-state index contributed by atoms with van der Waals surface area (Å²) in [6, 6.07) is 15.4. The van der Waals surface area contributed by atoms with E-state index < -0.39 is 17.3 Å². The zero-order chi connectivity index (χ0) is 25.5. The van der Waals surface area contributed by atoms with Gasteiger partial charge in [0.2, 0.25) is 0 Å². The smallest absolute Gasteiger partial charge is 0.287 e. The second kappa shape index (κ2) is 9.22. The average Bonchev–Trinajstić information content (AvgIpc) is 3.50. The second-order valence-corrected chi connectivity index (χ2v) is 9.82. The van der Waals surface area contributed by atoms with E-state index >= 15 is 0 Å². The van der Waals surface area contributed by atoms with Gasteiger partial charge in [-0.2, -0.15) is 10.2 Å². The SMILES string of the molecule is CN1CCn2nc(Nc3cc(-c4ccc(F)c(NC(=O)c5cc6ccccc6s5)n4)n[nH]c3=O)cc2C1. The molecule has 0 saturated heterocycles. The second-order valence-electron chi connectivity index (χ2n) is 8.73. The van der Waals surface area contributed by atoms with E-state index in [9.17, 15) is 14.0 Å². The molecule has 37 heavy (non-hydrogen) atoms. The Morgan fingerprint density at radius 3 is 2.84 bits per heavy atom. The number of benzene rings is 1. The third-order valence-electron chi connectivity index (χ3n) is 6.04. The van der Waals surface area contributed by atoms with Gasteiger partial charge in [-0.3, -0.25) is 19.2 Å². The average molecular weight is 517 g/mol. The van der Waals surface area contributed by atoms with Crippen LogP contribution in [0.5, 0.6) is 0 Å². The van der Waals surface area contributed by atoms with Crippen LogP contribution < -0.4 is 16.2 Å². The minimum Gasteiger partial charge on any atom is -0.334 e. The Bertz CT molecular complexity index is 1680. The fourth-order valence-corrected chi connectivity index (χ4v) is 5.12. The van der Waals surface area contributed by atoms with Crippen molar-refractivity contribution in [3.05, 3.63) is 81.3 Å². The standard InChI is InChI=1S/C25H21FN8O2S/c1-33-8-9-34-15(13-33)11-22(32-34)27-19-12-18(30-31-24(19)35)17-7-6-16(26)23(28-17)29-25(36)21-10-14-4-2-3-5-20(14)37-21/h2-7,10-12H,8-9,13H2,1H3,(H,31,35)(H,27,30,32)(H,28,29,36). The van der Waals surface area contributed by atoms with E-state index in [1.807, 2.05) is 42.1 Å². The Morgan fingerprint density at radius 2 is 1.97 bits per heavy atom. The van der Waals surface area contributed by atoms with E-state index in [1.165, 1.54) is 29.5 Å². The van der Waals surface area contributed by atoms with Crippen LogP contribution in [0, 0.1) is 5.82 Å². The van der Waals surface area contributed by atoms with Crippen LogP contribution in [-0.4, -0.2) is 49.4 Å². The summed E-state index contributed by atoms with van der Waals surface area (Å²) in [6.07, 6.45) is 0. The summed E-state index contributed by atoms with van der Waals surface area (Å²) in [4.78, 5) is 32.1. The van der Waals surface area contributed by atoms with E-state index in [0.29, 0.717) is 16.4 Å². The van der Waals surface area contributed by atoms with Crippen LogP contribution in [-0.2, 0) is 13.1 Å². The molecule has 12 heteroatoms. The molecule has 0 aliphatic carbocycles. The summed E-state index contributed by atoms with van der Waals surface area (Å²) in [7, 11) is 2.04. The number of pyridine rings is 1. The summed E-state index contributed by atoms with van der Waals surface area (Å²) in [5.41, 5.74) is 1.39. The van der Waals surface area contributed by atoms with Gasteiger partial charge in [-0.25, -0.2) is 14.5 Å². The van der Waals surface area contributed by atoms with E-state index in [-0.39, 0.29) is 17.2 Å². The number of aromatic nitrogens is 5. The van der Waals surface area contributed by atoms with Gasteiger partial charge in [0.05, 0.1) is 22.8 Å². The van der Waals surface area contributed by atoms with Gasteiger partial charge in [-0.15, -0.1) is 11.3 Å². The number of halogens is 1. The highest BCUT2D eigenvalue weighted by Gasteiger charge is 2.18. The zero-order valence-corrected chi connectivity index (χ0v) is 20.5. The van der Waals surface area contributed by atoms with Gasteiger partial charge in [-0.1, -0.05) is 18.2 Å². The number of H-pyrrole nitrogens is 1. The molecule has 4 aromatic heterocycles. The van der Waals surface area contributed by atoms with Crippen molar-refractivity contribution in [1.82, 2.24) is 29.9 Å². The number of carbonyl (C=O) groups excluding carboxylic acids is 1. The number of thiophene rings is 1. The van der Waals surface area contributed by atoms with Crippen molar-refractivity contribution in [3.8, 4) is 11.4 Å². The molecule has 1 amide bonds. The molecule has 0 bridgehead atoms.